The largest absolute Gasteiger partial charge is 0.353 e. The summed E-state index contributed by atoms with van der Waals surface area (Å²) in [5, 5.41) is 4.32. The van der Waals surface area contributed by atoms with Crippen molar-refractivity contribution < 1.29 is 4.79 Å². The zero-order chi connectivity index (χ0) is 18.1. The van der Waals surface area contributed by atoms with Gasteiger partial charge < -0.3 is 10.2 Å². The van der Waals surface area contributed by atoms with Gasteiger partial charge in [0.25, 0.3) is 5.56 Å². The summed E-state index contributed by atoms with van der Waals surface area (Å²) in [7, 11) is 1.70. The van der Waals surface area contributed by atoms with Crippen molar-refractivity contribution in [3.8, 4) is 0 Å². The lowest BCUT2D eigenvalue weighted by Gasteiger charge is -2.32. The van der Waals surface area contributed by atoms with E-state index in [4.69, 9.17) is 0 Å². The SMILES string of the molecule is Cn1c(SCC(=O)NC2CCN(C3CC3)CC2)nc2ccccc2c1=O. The first-order valence-corrected chi connectivity index (χ1v) is 10.2. The summed E-state index contributed by atoms with van der Waals surface area (Å²) in [6.07, 6.45) is 4.73. The number of hydrogen-bond donors (Lipinski definition) is 1. The maximum atomic E-state index is 12.4. The van der Waals surface area contributed by atoms with Crippen molar-refractivity contribution in [2.75, 3.05) is 18.8 Å². The van der Waals surface area contributed by atoms with Crippen LogP contribution < -0.4 is 10.9 Å². The molecule has 4 rings (SSSR count). The predicted octanol–water partition coefficient (Wildman–Crippen LogP) is 1.77. The van der Waals surface area contributed by atoms with Crippen LogP contribution in [0.1, 0.15) is 25.7 Å². The number of para-hydroxylation sites is 1. The number of nitrogens with one attached hydrogen (secondary N) is 1. The van der Waals surface area contributed by atoms with Crippen molar-refractivity contribution in [2.45, 2.75) is 42.9 Å². The molecule has 0 atom stereocenters. The number of thioether (sulfide) groups is 1. The highest BCUT2D eigenvalue weighted by atomic mass is 32.2. The number of piperidine rings is 1. The van der Waals surface area contributed by atoms with Crippen molar-refractivity contribution in [1.29, 1.82) is 0 Å². The second kappa shape index (κ2) is 7.40. The maximum Gasteiger partial charge on any atom is 0.261 e. The number of hydrogen-bond acceptors (Lipinski definition) is 5. The smallest absolute Gasteiger partial charge is 0.261 e. The van der Waals surface area contributed by atoms with Crippen LogP contribution in [-0.4, -0.2) is 51.3 Å². The molecule has 1 saturated heterocycles. The van der Waals surface area contributed by atoms with Crippen LogP contribution >= 0.6 is 11.8 Å². The number of benzene rings is 1. The Labute approximate surface area is 157 Å². The molecule has 1 aliphatic carbocycles. The predicted molar refractivity (Wildman–Crippen MR) is 103 cm³/mol. The van der Waals surface area contributed by atoms with Crippen LogP contribution in [0, 0.1) is 0 Å². The normalized spacial score (nSPS) is 19.0. The summed E-state index contributed by atoms with van der Waals surface area (Å²) in [4.78, 5) is 31.8. The Kier molecular flexibility index (Phi) is 5.00. The highest BCUT2D eigenvalue weighted by Crippen LogP contribution is 2.29. The highest BCUT2D eigenvalue weighted by molar-refractivity contribution is 7.99. The molecule has 1 amide bonds. The lowest BCUT2D eigenvalue weighted by molar-refractivity contribution is -0.119. The minimum absolute atomic E-state index is 0.0160. The Morgan fingerprint density at radius 1 is 1.23 bits per heavy atom. The van der Waals surface area contributed by atoms with Gasteiger partial charge in [0.05, 0.1) is 16.7 Å². The van der Waals surface area contributed by atoms with Crippen molar-refractivity contribution in [3.05, 3.63) is 34.6 Å². The lowest BCUT2D eigenvalue weighted by atomic mass is 10.1. The molecule has 0 unspecified atom stereocenters. The van der Waals surface area contributed by atoms with E-state index >= 15 is 0 Å². The quantitative estimate of drug-likeness (QED) is 0.640. The van der Waals surface area contributed by atoms with Gasteiger partial charge in [-0.25, -0.2) is 4.98 Å². The molecule has 2 aliphatic rings. The van der Waals surface area contributed by atoms with E-state index in [1.807, 2.05) is 18.2 Å². The van der Waals surface area contributed by atoms with Gasteiger partial charge >= 0.3 is 0 Å². The third-order valence-corrected chi connectivity index (χ3v) is 6.26. The van der Waals surface area contributed by atoms with E-state index in [1.165, 1.54) is 29.2 Å². The van der Waals surface area contributed by atoms with Crippen LogP contribution in [0.15, 0.2) is 34.2 Å². The van der Waals surface area contributed by atoms with Gasteiger partial charge in [-0.05, 0) is 37.8 Å². The first-order chi connectivity index (χ1) is 12.6. The topological polar surface area (TPSA) is 67.2 Å². The van der Waals surface area contributed by atoms with E-state index in [1.54, 1.807) is 13.1 Å². The fourth-order valence-electron chi connectivity index (χ4n) is 3.57. The molecule has 0 spiro atoms. The molecular formula is C19H24N4O2S. The van der Waals surface area contributed by atoms with Gasteiger partial charge in [-0.2, -0.15) is 0 Å². The van der Waals surface area contributed by atoms with Gasteiger partial charge in [0.15, 0.2) is 5.16 Å². The van der Waals surface area contributed by atoms with E-state index < -0.39 is 0 Å². The van der Waals surface area contributed by atoms with Crippen LogP contribution in [0.2, 0.25) is 0 Å². The minimum Gasteiger partial charge on any atom is -0.353 e. The molecular weight excluding hydrogens is 348 g/mol. The Bertz CT molecular complexity index is 869. The Balaban J connectivity index is 1.33. The average molecular weight is 372 g/mol. The number of fused-ring (bicyclic) bond motifs is 1. The third kappa shape index (κ3) is 3.78. The fourth-order valence-corrected chi connectivity index (χ4v) is 4.36. The van der Waals surface area contributed by atoms with E-state index in [0.29, 0.717) is 16.1 Å². The number of likely N-dealkylation sites (tertiary alicyclic amines) is 1. The molecule has 7 heteroatoms. The molecule has 1 aromatic carbocycles. The molecule has 1 N–H and O–H groups in total. The van der Waals surface area contributed by atoms with Gasteiger partial charge in [0, 0.05) is 32.2 Å². The third-order valence-electron chi connectivity index (χ3n) is 5.23. The van der Waals surface area contributed by atoms with E-state index in [0.717, 1.165) is 32.0 Å². The number of nitrogens with zero attached hydrogens (tertiary/aromatic N) is 3. The van der Waals surface area contributed by atoms with Gasteiger partial charge in [-0.15, -0.1) is 0 Å². The minimum atomic E-state index is -0.0778. The van der Waals surface area contributed by atoms with E-state index in [9.17, 15) is 9.59 Å². The van der Waals surface area contributed by atoms with Crippen LogP contribution in [0.4, 0.5) is 0 Å². The Morgan fingerprint density at radius 3 is 2.69 bits per heavy atom. The summed E-state index contributed by atoms with van der Waals surface area (Å²) < 4.78 is 1.52. The standard InChI is InChI=1S/C19H24N4O2S/c1-22-18(25)15-4-2-3-5-16(15)21-19(22)26-12-17(24)20-13-8-10-23(11-9-13)14-6-7-14/h2-5,13-14H,6-12H2,1H3,(H,20,24). The number of carbonyl (C=O) groups is 1. The molecule has 0 radical (unpaired) electrons. The number of carbonyl (C=O) groups excluding carboxylic acids is 1. The lowest BCUT2D eigenvalue weighted by Crippen LogP contribution is -2.45. The molecule has 2 heterocycles. The summed E-state index contributed by atoms with van der Waals surface area (Å²) in [5.41, 5.74) is 0.594. The van der Waals surface area contributed by atoms with Crippen molar-refractivity contribution in [1.82, 2.24) is 19.8 Å². The number of amides is 1. The second-order valence-corrected chi connectivity index (χ2v) is 8.12. The first kappa shape index (κ1) is 17.5. The highest BCUT2D eigenvalue weighted by Gasteiger charge is 2.32. The maximum absolute atomic E-state index is 12.4. The van der Waals surface area contributed by atoms with Gasteiger partial charge in [-0.3, -0.25) is 14.2 Å². The van der Waals surface area contributed by atoms with Gasteiger partial charge in [0.2, 0.25) is 5.91 Å². The summed E-state index contributed by atoms with van der Waals surface area (Å²) in [6, 6.07) is 8.38. The molecule has 26 heavy (non-hydrogen) atoms. The molecule has 1 aromatic heterocycles. The molecule has 138 valence electrons. The van der Waals surface area contributed by atoms with Crippen molar-refractivity contribution >= 4 is 28.6 Å². The zero-order valence-corrected chi connectivity index (χ0v) is 15.8. The monoisotopic (exact) mass is 372 g/mol. The summed E-state index contributed by atoms with van der Waals surface area (Å²) in [5.74, 6) is 0.295. The van der Waals surface area contributed by atoms with Crippen molar-refractivity contribution in [2.24, 2.45) is 7.05 Å². The fraction of sp³-hybridized carbons (Fsp3) is 0.526. The second-order valence-electron chi connectivity index (χ2n) is 7.17. The molecule has 1 aliphatic heterocycles. The average Bonchev–Trinajstić information content (AvgIpc) is 3.49. The van der Waals surface area contributed by atoms with Crippen LogP contribution in [0.3, 0.4) is 0 Å². The van der Waals surface area contributed by atoms with Gasteiger partial charge in [0.1, 0.15) is 0 Å². The number of aromatic nitrogens is 2. The Hall–Kier alpha value is -1.86. The van der Waals surface area contributed by atoms with E-state index in [2.05, 4.69) is 15.2 Å². The van der Waals surface area contributed by atoms with Gasteiger partial charge in [-0.1, -0.05) is 23.9 Å². The van der Waals surface area contributed by atoms with Crippen LogP contribution in [-0.2, 0) is 11.8 Å². The van der Waals surface area contributed by atoms with Crippen LogP contribution in [0.5, 0.6) is 0 Å². The van der Waals surface area contributed by atoms with E-state index in [-0.39, 0.29) is 23.3 Å². The molecule has 1 saturated carbocycles. The molecule has 0 bridgehead atoms. The Morgan fingerprint density at radius 2 is 1.96 bits per heavy atom. The number of rotatable bonds is 5. The first-order valence-electron chi connectivity index (χ1n) is 9.24. The summed E-state index contributed by atoms with van der Waals surface area (Å²) in [6.45, 7) is 2.17. The van der Waals surface area contributed by atoms with Crippen LogP contribution in [0.25, 0.3) is 10.9 Å². The molecule has 2 aromatic rings. The zero-order valence-electron chi connectivity index (χ0n) is 15.0. The van der Waals surface area contributed by atoms with Crippen molar-refractivity contribution in [3.63, 3.8) is 0 Å². The molecule has 6 nitrogen and oxygen atoms in total. The molecule has 2 fully saturated rings. The summed E-state index contributed by atoms with van der Waals surface area (Å²) >= 11 is 1.32.